The van der Waals surface area contributed by atoms with E-state index in [0.717, 1.165) is 34.6 Å². The highest BCUT2D eigenvalue weighted by atomic mass is 15.3. The summed E-state index contributed by atoms with van der Waals surface area (Å²) >= 11 is 0. The Balaban J connectivity index is 1.62. The van der Waals surface area contributed by atoms with E-state index in [-0.39, 0.29) is 0 Å². The Labute approximate surface area is 152 Å². The molecule has 0 aliphatic carbocycles. The van der Waals surface area contributed by atoms with Gasteiger partial charge in [-0.3, -0.25) is 0 Å². The third-order valence-corrected chi connectivity index (χ3v) is 4.40. The lowest BCUT2D eigenvalue weighted by molar-refractivity contribution is 0.795. The van der Waals surface area contributed by atoms with Crippen LogP contribution in [-0.4, -0.2) is 19.7 Å². The van der Waals surface area contributed by atoms with Crippen molar-refractivity contribution in [3.8, 4) is 5.69 Å². The molecule has 2 aromatic heterocycles. The number of rotatable bonds is 6. The van der Waals surface area contributed by atoms with Crippen LogP contribution in [0.1, 0.15) is 25.3 Å². The number of hydrogen-bond donors (Lipinski definition) is 1. The van der Waals surface area contributed by atoms with Crippen LogP contribution in [0.25, 0.3) is 16.7 Å². The van der Waals surface area contributed by atoms with Crippen molar-refractivity contribution in [1.29, 1.82) is 0 Å². The molecule has 2 heterocycles. The van der Waals surface area contributed by atoms with Crippen LogP contribution in [-0.2, 0) is 6.42 Å². The number of aromatic nitrogens is 4. The normalized spacial score (nSPS) is 11.0. The number of nitrogens with one attached hydrogen (secondary N) is 1. The molecule has 0 amide bonds. The summed E-state index contributed by atoms with van der Waals surface area (Å²) in [5.41, 5.74) is 4.14. The highest BCUT2D eigenvalue weighted by Crippen LogP contribution is 2.24. The van der Waals surface area contributed by atoms with E-state index in [1.807, 2.05) is 35.0 Å². The SMILES string of the molecule is CCCCc1ccc(Nc2ncnc3c2cnn3-c2ccccc2)cc1. The molecule has 5 nitrogen and oxygen atoms in total. The van der Waals surface area contributed by atoms with E-state index in [9.17, 15) is 0 Å². The molecule has 0 atom stereocenters. The lowest BCUT2D eigenvalue weighted by Crippen LogP contribution is -1.99. The first kappa shape index (κ1) is 16.3. The number of unbranched alkanes of at least 4 members (excludes halogenated alkanes) is 1. The van der Waals surface area contributed by atoms with Gasteiger partial charge in [-0.05, 0) is 42.7 Å². The van der Waals surface area contributed by atoms with Gasteiger partial charge >= 0.3 is 0 Å². The number of hydrogen-bond acceptors (Lipinski definition) is 4. The van der Waals surface area contributed by atoms with Gasteiger partial charge in [-0.15, -0.1) is 0 Å². The average Bonchev–Trinajstić information content (AvgIpc) is 3.13. The third-order valence-electron chi connectivity index (χ3n) is 4.40. The molecule has 0 spiro atoms. The summed E-state index contributed by atoms with van der Waals surface area (Å²) in [7, 11) is 0. The van der Waals surface area contributed by atoms with Gasteiger partial charge in [0.2, 0.25) is 0 Å². The quantitative estimate of drug-likeness (QED) is 0.541. The largest absolute Gasteiger partial charge is 0.340 e. The lowest BCUT2D eigenvalue weighted by atomic mass is 10.1. The van der Waals surface area contributed by atoms with Gasteiger partial charge < -0.3 is 5.32 Å². The Morgan fingerprint density at radius 3 is 2.54 bits per heavy atom. The number of benzene rings is 2. The summed E-state index contributed by atoms with van der Waals surface area (Å²) in [6.07, 6.45) is 6.93. The summed E-state index contributed by atoms with van der Waals surface area (Å²) in [5.74, 6) is 0.762. The zero-order valence-corrected chi connectivity index (χ0v) is 14.8. The molecule has 26 heavy (non-hydrogen) atoms. The summed E-state index contributed by atoms with van der Waals surface area (Å²) in [6.45, 7) is 2.21. The summed E-state index contributed by atoms with van der Waals surface area (Å²) in [5, 5.41) is 8.78. The molecule has 0 saturated carbocycles. The molecule has 0 radical (unpaired) electrons. The van der Waals surface area contributed by atoms with Crippen LogP contribution in [0.3, 0.4) is 0 Å². The number of para-hydroxylation sites is 1. The maximum atomic E-state index is 4.49. The summed E-state index contributed by atoms with van der Waals surface area (Å²) in [6, 6.07) is 18.5. The van der Waals surface area contributed by atoms with E-state index >= 15 is 0 Å². The minimum Gasteiger partial charge on any atom is -0.340 e. The highest BCUT2D eigenvalue weighted by molar-refractivity contribution is 5.89. The van der Waals surface area contributed by atoms with Crippen molar-refractivity contribution in [3.05, 3.63) is 72.7 Å². The minimum atomic E-state index is 0.762. The Morgan fingerprint density at radius 2 is 1.77 bits per heavy atom. The predicted octanol–water partition coefficient (Wildman–Crippen LogP) is 4.90. The number of anilines is 2. The van der Waals surface area contributed by atoms with Gasteiger partial charge in [0.05, 0.1) is 17.3 Å². The van der Waals surface area contributed by atoms with Crippen LogP contribution in [0.5, 0.6) is 0 Å². The third kappa shape index (κ3) is 3.28. The predicted molar refractivity (Wildman–Crippen MR) is 105 cm³/mol. The van der Waals surface area contributed by atoms with E-state index in [1.54, 1.807) is 12.5 Å². The molecule has 0 fully saturated rings. The molecular formula is C21H21N5. The number of fused-ring (bicyclic) bond motifs is 1. The second kappa shape index (κ2) is 7.35. The van der Waals surface area contributed by atoms with E-state index in [2.05, 4.69) is 51.6 Å². The Kier molecular flexibility index (Phi) is 4.60. The average molecular weight is 343 g/mol. The van der Waals surface area contributed by atoms with E-state index in [4.69, 9.17) is 0 Å². The molecular weight excluding hydrogens is 322 g/mol. The van der Waals surface area contributed by atoms with Crippen molar-refractivity contribution in [1.82, 2.24) is 19.7 Å². The fourth-order valence-corrected chi connectivity index (χ4v) is 2.97. The Bertz CT molecular complexity index is 990. The molecule has 5 heteroatoms. The smallest absolute Gasteiger partial charge is 0.168 e. The maximum absolute atomic E-state index is 4.49. The monoisotopic (exact) mass is 343 g/mol. The molecule has 0 unspecified atom stereocenters. The van der Waals surface area contributed by atoms with Gasteiger partial charge in [0.15, 0.2) is 5.65 Å². The highest BCUT2D eigenvalue weighted by Gasteiger charge is 2.11. The molecule has 0 aliphatic rings. The van der Waals surface area contributed by atoms with Crippen LogP contribution in [0, 0.1) is 0 Å². The first-order valence-corrected chi connectivity index (χ1v) is 8.95. The molecule has 0 saturated heterocycles. The second-order valence-corrected chi connectivity index (χ2v) is 6.28. The van der Waals surface area contributed by atoms with Crippen LogP contribution in [0.2, 0.25) is 0 Å². The molecule has 1 N–H and O–H groups in total. The van der Waals surface area contributed by atoms with Gasteiger partial charge in [0.25, 0.3) is 0 Å². The van der Waals surface area contributed by atoms with Gasteiger partial charge in [0, 0.05) is 5.69 Å². The maximum Gasteiger partial charge on any atom is 0.168 e. The van der Waals surface area contributed by atoms with Crippen molar-refractivity contribution < 1.29 is 0 Å². The number of aryl methyl sites for hydroxylation is 1. The van der Waals surface area contributed by atoms with E-state index < -0.39 is 0 Å². The first-order valence-electron chi connectivity index (χ1n) is 8.95. The standard InChI is InChI=1S/C21H21N5/c1-2-3-7-16-10-12-17(13-11-16)25-20-19-14-24-26(21(19)23-15-22-20)18-8-5-4-6-9-18/h4-6,8-15H,2-3,7H2,1H3,(H,22,23,25). The molecule has 4 aromatic rings. The molecule has 0 aliphatic heterocycles. The topological polar surface area (TPSA) is 55.6 Å². The van der Waals surface area contributed by atoms with Crippen LogP contribution >= 0.6 is 0 Å². The lowest BCUT2D eigenvalue weighted by Gasteiger charge is -2.08. The fraction of sp³-hybridized carbons (Fsp3) is 0.190. The minimum absolute atomic E-state index is 0.762. The van der Waals surface area contributed by atoms with Crippen molar-refractivity contribution >= 4 is 22.5 Å². The first-order chi connectivity index (χ1) is 12.8. The van der Waals surface area contributed by atoms with Crippen LogP contribution < -0.4 is 5.32 Å². The number of nitrogens with zero attached hydrogens (tertiary/aromatic N) is 4. The van der Waals surface area contributed by atoms with Gasteiger partial charge in [-0.2, -0.15) is 5.10 Å². The molecule has 4 rings (SSSR count). The Hall–Kier alpha value is -3.21. The molecule has 0 bridgehead atoms. The van der Waals surface area contributed by atoms with Crippen molar-refractivity contribution in [2.24, 2.45) is 0 Å². The zero-order chi connectivity index (χ0) is 17.8. The summed E-state index contributed by atoms with van der Waals surface area (Å²) < 4.78 is 1.83. The van der Waals surface area contributed by atoms with E-state index in [1.165, 1.54) is 18.4 Å². The van der Waals surface area contributed by atoms with Gasteiger partial charge in [0.1, 0.15) is 12.1 Å². The van der Waals surface area contributed by atoms with Crippen molar-refractivity contribution in [2.75, 3.05) is 5.32 Å². The van der Waals surface area contributed by atoms with Gasteiger partial charge in [-0.1, -0.05) is 43.7 Å². The van der Waals surface area contributed by atoms with Crippen molar-refractivity contribution in [2.45, 2.75) is 26.2 Å². The summed E-state index contributed by atoms with van der Waals surface area (Å²) in [4.78, 5) is 8.82. The second-order valence-electron chi connectivity index (χ2n) is 6.28. The van der Waals surface area contributed by atoms with Gasteiger partial charge in [-0.25, -0.2) is 14.6 Å². The fourth-order valence-electron chi connectivity index (χ4n) is 2.97. The van der Waals surface area contributed by atoms with Crippen LogP contribution in [0.4, 0.5) is 11.5 Å². The zero-order valence-electron chi connectivity index (χ0n) is 14.8. The van der Waals surface area contributed by atoms with E-state index in [0.29, 0.717) is 0 Å². The van der Waals surface area contributed by atoms with Crippen LogP contribution in [0.15, 0.2) is 67.1 Å². The Morgan fingerprint density at radius 1 is 0.962 bits per heavy atom. The molecule has 2 aromatic carbocycles. The van der Waals surface area contributed by atoms with Crippen molar-refractivity contribution in [3.63, 3.8) is 0 Å². The molecule has 130 valence electrons.